The molecule has 14 heteroatoms. The van der Waals surface area contributed by atoms with Crippen molar-refractivity contribution in [1.29, 1.82) is 0 Å². The number of hydrogen-bond donors (Lipinski definition) is 5. The van der Waals surface area contributed by atoms with Crippen LogP contribution in [0.3, 0.4) is 0 Å². The molecule has 3 aromatic rings. The summed E-state index contributed by atoms with van der Waals surface area (Å²) in [5, 5.41) is 25.9. The number of fused-ring (bicyclic) bond motifs is 1. The molecule has 1 amide bonds. The van der Waals surface area contributed by atoms with Gasteiger partial charge in [-0.25, -0.2) is 14.8 Å². The summed E-state index contributed by atoms with van der Waals surface area (Å²) in [6.45, 7) is 0. The number of benzene rings is 1. The lowest BCUT2D eigenvalue weighted by molar-refractivity contribution is -0.121. The molecule has 2 aromatic heterocycles. The predicted octanol–water partition coefficient (Wildman–Crippen LogP) is 1.38. The van der Waals surface area contributed by atoms with Crippen molar-refractivity contribution in [3.05, 3.63) is 51.5 Å². The second-order valence-corrected chi connectivity index (χ2v) is 9.11. The van der Waals surface area contributed by atoms with Crippen molar-refractivity contribution >= 4 is 57.7 Å². The van der Waals surface area contributed by atoms with Gasteiger partial charge in [-0.1, -0.05) is 12.1 Å². The topological polar surface area (TPSA) is 191 Å². The minimum absolute atomic E-state index is 0.0645. The van der Waals surface area contributed by atoms with Crippen LogP contribution in [0.15, 0.2) is 29.0 Å². The number of aromatic carboxylic acids is 1. The SMILES string of the molecule is Nc1nc(C(=O)NC(C(=O)C[C@H]2Cc3cccc(C(=O)O)c3OB2O)c2csc(N)n2)cs1. The summed E-state index contributed by atoms with van der Waals surface area (Å²) in [5.41, 5.74) is 12.1. The zero-order valence-corrected chi connectivity index (χ0v) is 18.6. The third-order valence-electron chi connectivity index (χ3n) is 5.10. The number of carboxylic acids is 1. The van der Waals surface area contributed by atoms with Gasteiger partial charge >= 0.3 is 13.1 Å². The van der Waals surface area contributed by atoms with E-state index in [0.29, 0.717) is 5.56 Å². The Morgan fingerprint density at radius 3 is 2.58 bits per heavy atom. The number of carbonyl (C=O) groups excluding carboxylic acids is 2. The van der Waals surface area contributed by atoms with E-state index < -0.39 is 36.6 Å². The molecule has 0 saturated carbocycles. The normalized spacial score (nSPS) is 15.9. The molecule has 7 N–H and O–H groups in total. The van der Waals surface area contributed by atoms with Crippen molar-refractivity contribution in [3.8, 4) is 5.75 Å². The zero-order chi connectivity index (χ0) is 23.7. The van der Waals surface area contributed by atoms with E-state index >= 15 is 0 Å². The maximum Gasteiger partial charge on any atom is 0.526 e. The highest BCUT2D eigenvalue weighted by Crippen LogP contribution is 2.37. The molecule has 0 aliphatic carbocycles. The Morgan fingerprint density at radius 2 is 1.94 bits per heavy atom. The Kier molecular flexibility index (Phi) is 6.31. The summed E-state index contributed by atoms with van der Waals surface area (Å²) in [4.78, 5) is 45.3. The molecule has 0 bridgehead atoms. The van der Waals surface area contributed by atoms with Gasteiger partial charge in [-0.3, -0.25) is 9.59 Å². The molecular formula is C19H18BN5O6S2. The molecule has 1 aliphatic rings. The molecule has 1 aromatic carbocycles. The van der Waals surface area contributed by atoms with Crippen molar-refractivity contribution in [2.45, 2.75) is 24.7 Å². The van der Waals surface area contributed by atoms with Crippen LogP contribution in [-0.4, -0.2) is 44.9 Å². The number of nitrogens with two attached hydrogens (primary N) is 2. The van der Waals surface area contributed by atoms with E-state index in [2.05, 4.69) is 15.3 Å². The molecule has 0 radical (unpaired) electrons. The molecule has 33 heavy (non-hydrogen) atoms. The van der Waals surface area contributed by atoms with E-state index in [0.717, 1.165) is 22.7 Å². The molecule has 11 nitrogen and oxygen atoms in total. The molecule has 1 unspecified atom stereocenters. The van der Waals surface area contributed by atoms with Gasteiger partial charge in [-0.05, 0) is 18.1 Å². The first-order valence-electron chi connectivity index (χ1n) is 9.68. The smallest absolute Gasteiger partial charge is 0.526 e. The number of hydrogen-bond acceptors (Lipinski definition) is 11. The number of Topliss-reactive ketones (excluding diaryl/α,β-unsaturated/α-hetero) is 1. The van der Waals surface area contributed by atoms with Crippen LogP contribution < -0.4 is 21.4 Å². The van der Waals surface area contributed by atoms with Crippen molar-refractivity contribution in [2.24, 2.45) is 0 Å². The highest BCUT2D eigenvalue weighted by molar-refractivity contribution is 7.13. The number of carboxylic acid groups (broad SMARTS) is 1. The van der Waals surface area contributed by atoms with Crippen LogP contribution in [0.1, 0.15) is 44.6 Å². The fraction of sp³-hybridized carbons (Fsp3) is 0.211. The first-order valence-corrected chi connectivity index (χ1v) is 11.4. The number of amides is 1. The Hall–Kier alpha value is -3.49. The molecule has 0 saturated heterocycles. The van der Waals surface area contributed by atoms with Crippen LogP contribution >= 0.6 is 22.7 Å². The number of ketones is 1. The molecule has 2 atom stereocenters. The van der Waals surface area contributed by atoms with E-state index in [1.54, 1.807) is 17.5 Å². The van der Waals surface area contributed by atoms with Gasteiger partial charge in [-0.15, -0.1) is 22.7 Å². The molecule has 0 spiro atoms. The summed E-state index contributed by atoms with van der Waals surface area (Å²) < 4.78 is 5.46. The molecule has 3 heterocycles. The van der Waals surface area contributed by atoms with Gasteiger partial charge in [0.15, 0.2) is 16.0 Å². The van der Waals surface area contributed by atoms with Gasteiger partial charge in [0.25, 0.3) is 5.91 Å². The lowest BCUT2D eigenvalue weighted by Gasteiger charge is -2.28. The summed E-state index contributed by atoms with van der Waals surface area (Å²) in [6.07, 6.45) is 0.0470. The number of thiazole rings is 2. The van der Waals surface area contributed by atoms with E-state index in [1.165, 1.54) is 11.4 Å². The lowest BCUT2D eigenvalue weighted by atomic mass is 9.64. The monoisotopic (exact) mass is 487 g/mol. The van der Waals surface area contributed by atoms with Crippen LogP contribution in [0, 0.1) is 0 Å². The fourth-order valence-electron chi connectivity index (χ4n) is 3.55. The van der Waals surface area contributed by atoms with Gasteiger partial charge in [0, 0.05) is 23.0 Å². The van der Waals surface area contributed by atoms with E-state index in [4.69, 9.17) is 16.1 Å². The van der Waals surface area contributed by atoms with Crippen molar-refractivity contribution in [3.63, 3.8) is 0 Å². The maximum atomic E-state index is 13.2. The van der Waals surface area contributed by atoms with Gasteiger partial charge in [-0.2, -0.15) is 0 Å². The number of nitrogens with zero attached hydrogens (tertiary/aromatic N) is 2. The average molecular weight is 487 g/mol. The first-order chi connectivity index (χ1) is 15.7. The third-order valence-corrected chi connectivity index (χ3v) is 6.47. The maximum absolute atomic E-state index is 13.2. The highest BCUT2D eigenvalue weighted by atomic mass is 32.1. The molecule has 1 aliphatic heterocycles. The van der Waals surface area contributed by atoms with E-state index in [9.17, 15) is 24.5 Å². The third kappa shape index (κ3) is 4.82. The van der Waals surface area contributed by atoms with Crippen LogP contribution in [0.4, 0.5) is 10.3 Å². The van der Waals surface area contributed by atoms with E-state index in [1.807, 2.05) is 0 Å². The zero-order valence-electron chi connectivity index (χ0n) is 16.9. The number of rotatable bonds is 7. The number of carbonyl (C=O) groups is 3. The fourth-order valence-corrected chi connectivity index (χ4v) is 4.68. The number of para-hydroxylation sites is 1. The number of anilines is 2. The molecule has 4 rings (SSSR count). The van der Waals surface area contributed by atoms with Crippen LogP contribution in [0.2, 0.25) is 5.82 Å². The van der Waals surface area contributed by atoms with Gasteiger partial charge < -0.3 is 31.6 Å². The van der Waals surface area contributed by atoms with Gasteiger partial charge in [0.2, 0.25) is 0 Å². The van der Waals surface area contributed by atoms with Crippen LogP contribution in [0.25, 0.3) is 0 Å². The second kappa shape index (κ2) is 9.17. The van der Waals surface area contributed by atoms with Crippen molar-refractivity contribution in [1.82, 2.24) is 15.3 Å². The summed E-state index contributed by atoms with van der Waals surface area (Å²) >= 11 is 2.21. The Balaban J connectivity index is 1.55. The molecule has 170 valence electrons. The van der Waals surface area contributed by atoms with E-state index in [-0.39, 0.29) is 45.8 Å². The Bertz CT molecular complexity index is 1230. The average Bonchev–Trinajstić information content (AvgIpc) is 3.40. The Labute approximate surface area is 195 Å². The largest absolute Gasteiger partial charge is 0.535 e. The summed E-state index contributed by atoms with van der Waals surface area (Å²) in [7, 11) is -1.41. The minimum Gasteiger partial charge on any atom is -0.535 e. The molecular weight excluding hydrogens is 469 g/mol. The predicted molar refractivity (Wildman–Crippen MR) is 122 cm³/mol. The van der Waals surface area contributed by atoms with Crippen LogP contribution in [-0.2, 0) is 11.2 Å². The number of nitrogen functional groups attached to an aromatic ring is 2. The first kappa shape index (κ1) is 22.7. The van der Waals surface area contributed by atoms with Crippen molar-refractivity contribution < 1.29 is 29.2 Å². The lowest BCUT2D eigenvalue weighted by Crippen LogP contribution is -2.39. The number of nitrogens with one attached hydrogen (secondary N) is 1. The quantitative estimate of drug-likeness (QED) is 0.304. The van der Waals surface area contributed by atoms with Gasteiger partial charge in [0.1, 0.15) is 17.5 Å². The van der Waals surface area contributed by atoms with Gasteiger partial charge in [0.05, 0.1) is 11.3 Å². The van der Waals surface area contributed by atoms with Crippen LogP contribution in [0.5, 0.6) is 5.75 Å². The minimum atomic E-state index is -1.41. The summed E-state index contributed by atoms with van der Waals surface area (Å²) in [6, 6.07) is 3.50. The highest BCUT2D eigenvalue weighted by Gasteiger charge is 2.39. The summed E-state index contributed by atoms with van der Waals surface area (Å²) in [5.74, 6) is -2.80. The number of aromatic nitrogens is 2. The second-order valence-electron chi connectivity index (χ2n) is 7.33. The molecule has 0 fully saturated rings. The standard InChI is InChI=1S/C19H18BN5O6S2/c21-18-23-11(6-32-18)14(25-16(27)12-7-33-19(22)24-12)13(26)5-9-4-8-2-1-3-10(17(28)29)15(8)31-20(9)30/h1-3,6-7,9,14,30H,4-5H2,(H2,21,23)(H2,22,24)(H,25,27)(H,28,29)/t9-,14?/m1/s1. The Morgan fingerprint density at radius 1 is 1.21 bits per heavy atom. The van der Waals surface area contributed by atoms with Crippen molar-refractivity contribution in [2.75, 3.05) is 11.5 Å².